The highest BCUT2D eigenvalue weighted by atomic mass is 16.4. The summed E-state index contributed by atoms with van der Waals surface area (Å²) in [6.07, 6.45) is 4.35. The van der Waals surface area contributed by atoms with Crippen molar-refractivity contribution in [1.82, 2.24) is 29.5 Å². The van der Waals surface area contributed by atoms with E-state index in [9.17, 15) is 4.79 Å². The predicted octanol–water partition coefficient (Wildman–Crippen LogP) is -0.171. The average Bonchev–Trinajstić information content (AvgIpc) is 2.94. The topological polar surface area (TPSA) is 125 Å². The second kappa shape index (κ2) is 3.77. The van der Waals surface area contributed by atoms with Gasteiger partial charge in [-0.25, -0.2) is 19.4 Å². The second-order valence-corrected chi connectivity index (χ2v) is 3.89. The highest BCUT2D eigenvalue weighted by molar-refractivity contribution is 5.91. The number of nitrogens with zero attached hydrogens (tertiary/aromatic N) is 6. The molecule has 0 aromatic carbocycles. The number of hydrogen-bond donors (Lipinski definition) is 2. The van der Waals surface area contributed by atoms with Crippen molar-refractivity contribution >= 4 is 22.7 Å². The first-order chi connectivity index (χ1) is 9.08. The fourth-order valence-electron chi connectivity index (χ4n) is 1.79. The lowest BCUT2D eigenvalue weighted by atomic mass is 10.4. The first kappa shape index (κ1) is 11.1. The van der Waals surface area contributed by atoms with Crippen molar-refractivity contribution in [2.75, 3.05) is 5.73 Å². The van der Waals surface area contributed by atoms with E-state index in [-0.39, 0.29) is 11.4 Å². The summed E-state index contributed by atoms with van der Waals surface area (Å²) in [4.78, 5) is 19.1. The Morgan fingerprint density at radius 2 is 2.21 bits per heavy atom. The van der Waals surface area contributed by atoms with Gasteiger partial charge in [0.25, 0.3) is 0 Å². The van der Waals surface area contributed by atoms with Crippen LogP contribution in [0.5, 0.6) is 0 Å². The van der Waals surface area contributed by atoms with Gasteiger partial charge in [0.15, 0.2) is 17.2 Å². The number of aromatic carboxylic acids is 1. The van der Waals surface area contributed by atoms with Crippen LogP contribution in [-0.4, -0.2) is 40.6 Å². The van der Waals surface area contributed by atoms with Crippen molar-refractivity contribution in [3.63, 3.8) is 0 Å². The van der Waals surface area contributed by atoms with E-state index in [1.807, 2.05) is 0 Å². The number of anilines is 1. The summed E-state index contributed by atoms with van der Waals surface area (Å²) >= 11 is 0. The Morgan fingerprint density at radius 3 is 2.89 bits per heavy atom. The maximum absolute atomic E-state index is 10.9. The quantitative estimate of drug-likeness (QED) is 0.654. The molecular weight excluding hydrogens is 250 g/mol. The first-order valence-corrected chi connectivity index (χ1v) is 5.29. The van der Waals surface area contributed by atoms with Crippen LogP contribution in [0.3, 0.4) is 0 Å². The van der Waals surface area contributed by atoms with Crippen LogP contribution in [0.15, 0.2) is 18.7 Å². The number of carboxylic acids is 1. The number of aromatic nitrogens is 6. The van der Waals surface area contributed by atoms with Crippen LogP contribution in [0.25, 0.3) is 16.9 Å². The van der Waals surface area contributed by atoms with E-state index in [0.29, 0.717) is 16.9 Å². The monoisotopic (exact) mass is 259 g/mol. The van der Waals surface area contributed by atoms with Crippen molar-refractivity contribution in [1.29, 1.82) is 0 Å². The molecule has 96 valence electrons. The summed E-state index contributed by atoms with van der Waals surface area (Å²) in [5.74, 6) is -0.759. The summed E-state index contributed by atoms with van der Waals surface area (Å²) in [6, 6.07) is 0. The number of fused-ring (bicyclic) bond motifs is 1. The molecule has 0 spiro atoms. The molecule has 0 atom stereocenters. The lowest BCUT2D eigenvalue weighted by molar-refractivity contribution is 0.0691. The van der Waals surface area contributed by atoms with Gasteiger partial charge >= 0.3 is 5.97 Å². The highest BCUT2D eigenvalue weighted by Gasteiger charge is 2.17. The number of rotatable bonds is 2. The zero-order chi connectivity index (χ0) is 13.6. The third kappa shape index (κ3) is 1.59. The molecule has 3 aromatic heterocycles. The second-order valence-electron chi connectivity index (χ2n) is 3.89. The molecule has 0 amide bonds. The Balaban J connectivity index is 2.24. The van der Waals surface area contributed by atoms with Gasteiger partial charge in [-0.3, -0.25) is 4.68 Å². The van der Waals surface area contributed by atoms with Crippen LogP contribution < -0.4 is 5.73 Å². The van der Waals surface area contributed by atoms with Crippen LogP contribution in [0.2, 0.25) is 0 Å². The Morgan fingerprint density at radius 1 is 1.42 bits per heavy atom. The molecule has 0 fully saturated rings. The van der Waals surface area contributed by atoms with Crippen LogP contribution in [0.1, 0.15) is 10.5 Å². The Labute approximate surface area is 106 Å². The van der Waals surface area contributed by atoms with E-state index in [4.69, 9.17) is 10.8 Å². The summed E-state index contributed by atoms with van der Waals surface area (Å²) in [5, 5.41) is 17.6. The fraction of sp³-hybridized carbons (Fsp3) is 0.100. The largest absolute Gasteiger partial charge is 0.476 e. The molecule has 0 saturated heterocycles. The number of nitrogen functional groups attached to an aromatic ring is 1. The minimum absolute atomic E-state index is 0.0724. The van der Waals surface area contributed by atoms with Crippen molar-refractivity contribution in [3.05, 3.63) is 24.4 Å². The number of hydrogen-bond acceptors (Lipinski definition) is 6. The van der Waals surface area contributed by atoms with Gasteiger partial charge in [-0.15, -0.1) is 0 Å². The molecular formula is C10H9N7O2. The Hall–Kier alpha value is -2.97. The van der Waals surface area contributed by atoms with Gasteiger partial charge < -0.3 is 10.8 Å². The third-order valence-electron chi connectivity index (χ3n) is 2.67. The summed E-state index contributed by atoms with van der Waals surface area (Å²) in [5.41, 5.74) is 6.08. The number of carbonyl (C=O) groups is 1. The van der Waals surface area contributed by atoms with E-state index in [2.05, 4.69) is 20.2 Å². The Bertz CT molecular complexity index is 788. The van der Waals surface area contributed by atoms with E-state index in [1.165, 1.54) is 17.2 Å². The van der Waals surface area contributed by atoms with Gasteiger partial charge in [-0.2, -0.15) is 10.2 Å². The average molecular weight is 259 g/mol. The van der Waals surface area contributed by atoms with Crippen molar-refractivity contribution < 1.29 is 9.90 Å². The molecule has 9 nitrogen and oxygen atoms in total. The molecule has 0 radical (unpaired) electrons. The van der Waals surface area contributed by atoms with Gasteiger partial charge in [0.05, 0.1) is 23.5 Å². The summed E-state index contributed by atoms with van der Waals surface area (Å²) in [7, 11) is 1.75. The maximum atomic E-state index is 10.9. The molecule has 3 rings (SSSR count). The van der Waals surface area contributed by atoms with Gasteiger partial charge in [0, 0.05) is 7.05 Å². The van der Waals surface area contributed by atoms with E-state index >= 15 is 0 Å². The molecule has 0 aliphatic carbocycles. The smallest absolute Gasteiger partial charge is 0.358 e. The van der Waals surface area contributed by atoms with Crippen LogP contribution in [-0.2, 0) is 7.05 Å². The van der Waals surface area contributed by atoms with Crippen molar-refractivity contribution in [3.8, 4) is 5.82 Å². The molecule has 3 aromatic rings. The van der Waals surface area contributed by atoms with Crippen LogP contribution in [0.4, 0.5) is 5.69 Å². The Kier molecular flexibility index (Phi) is 2.21. The normalized spacial score (nSPS) is 11.0. The highest BCUT2D eigenvalue weighted by Crippen LogP contribution is 2.19. The molecule has 0 bridgehead atoms. The predicted molar refractivity (Wildman–Crippen MR) is 64.8 cm³/mol. The minimum Gasteiger partial charge on any atom is -0.476 e. The van der Waals surface area contributed by atoms with Crippen molar-refractivity contribution in [2.24, 2.45) is 7.05 Å². The molecule has 0 aliphatic heterocycles. The van der Waals surface area contributed by atoms with E-state index in [0.717, 1.165) is 0 Å². The van der Waals surface area contributed by atoms with Gasteiger partial charge in [0.1, 0.15) is 6.33 Å². The lowest BCUT2D eigenvalue weighted by Crippen LogP contribution is -2.04. The molecule has 0 aliphatic rings. The molecule has 0 unspecified atom stereocenters. The molecule has 0 saturated carbocycles. The first-order valence-electron chi connectivity index (χ1n) is 5.29. The molecule has 3 N–H and O–H groups in total. The maximum Gasteiger partial charge on any atom is 0.358 e. The minimum atomic E-state index is -1.19. The molecule has 19 heavy (non-hydrogen) atoms. The lowest BCUT2D eigenvalue weighted by Gasteiger charge is -2.00. The van der Waals surface area contributed by atoms with Crippen LogP contribution in [0, 0.1) is 0 Å². The zero-order valence-electron chi connectivity index (χ0n) is 9.85. The molecule has 9 heteroatoms. The van der Waals surface area contributed by atoms with E-state index in [1.54, 1.807) is 17.9 Å². The molecule has 3 heterocycles. The fourth-order valence-corrected chi connectivity index (χ4v) is 1.79. The van der Waals surface area contributed by atoms with Gasteiger partial charge in [-0.05, 0) is 0 Å². The third-order valence-corrected chi connectivity index (χ3v) is 2.67. The summed E-state index contributed by atoms with van der Waals surface area (Å²) < 4.78 is 2.90. The zero-order valence-corrected chi connectivity index (χ0v) is 9.85. The number of aryl methyl sites for hydroxylation is 1. The van der Waals surface area contributed by atoms with E-state index < -0.39 is 5.97 Å². The number of carboxylic acid groups (broad SMARTS) is 1. The van der Waals surface area contributed by atoms with Crippen molar-refractivity contribution in [2.45, 2.75) is 0 Å². The van der Waals surface area contributed by atoms with Gasteiger partial charge in [0.2, 0.25) is 0 Å². The summed E-state index contributed by atoms with van der Waals surface area (Å²) in [6.45, 7) is 0. The van der Waals surface area contributed by atoms with Gasteiger partial charge in [-0.1, -0.05) is 0 Å². The number of nitrogens with two attached hydrogens (primary N) is 1. The standard InChI is InChI=1S/C10H9N7O2/c1-16-8-5(2-14-16)9(13-4-12-8)17-3-6(11)7(15-17)10(18)19/h2-4H,11H2,1H3,(H,18,19). The van der Waals surface area contributed by atoms with Crippen LogP contribution >= 0.6 is 0 Å². The SMILES string of the molecule is Cn1ncc2c(-n3cc(N)c(C(=O)O)n3)ncnc21.